The highest BCUT2D eigenvalue weighted by Gasteiger charge is 2.32. The van der Waals surface area contributed by atoms with Gasteiger partial charge in [0.2, 0.25) is 0 Å². The van der Waals surface area contributed by atoms with Crippen LogP contribution in [0.2, 0.25) is 0 Å². The lowest BCUT2D eigenvalue weighted by Gasteiger charge is -2.47. The van der Waals surface area contributed by atoms with Gasteiger partial charge in [-0.25, -0.2) is 9.37 Å². The maximum Gasteiger partial charge on any atom is 0.257 e. The molecule has 0 radical (unpaired) electrons. The Labute approximate surface area is 203 Å². The Hall–Kier alpha value is -3.59. The second kappa shape index (κ2) is 8.88. The first-order chi connectivity index (χ1) is 16.7. The van der Waals surface area contributed by atoms with Crippen LogP contribution in [0.3, 0.4) is 0 Å². The lowest BCUT2D eigenvalue weighted by molar-refractivity contribution is 0.0954. The van der Waals surface area contributed by atoms with Crippen molar-refractivity contribution in [2.75, 3.05) is 23.3 Å². The Kier molecular flexibility index (Phi) is 5.88. The number of amides is 1. The van der Waals surface area contributed by atoms with Crippen LogP contribution in [0.5, 0.6) is 0 Å². The molecule has 1 aromatic carbocycles. The second-order valence-electron chi connectivity index (χ2n) is 9.67. The fraction of sp³-hybridized carbons (Fsp3) is 0.385. The third-order valence-electron chi connectivity index (χ3n) is 6.66. The van der Waals surface area contributed by atoms with Crippen molar-refractivity contribution in [3.05, 3.63) is 60.1 Å². The number of piperazine rings is 1. The van der Waals surface area contributed by atoms with Gasteiger partial charge in [-0.05, 0) is 46.8 Å². The predicted molar refractivity (Wildman–Crippen MR) is 135 cm³/mol. The Bertz CT molecular complexity index is 1400. The van der Waals surface area contributed by atoms with E-state index in [9.17, 15) is 9.18 Å². The standard InChI is InChI=1S/C26H30FN7O/c1-15(2)34-17(4)12-32(13-18(34)5)22-7-6-20(23-24(22)29-9-8-28-23)26(35)31-19-10-21(27)25-30-16(3)11-33(25)14-19/h6-11,14-15,17-18H,12-13H2,1-5H3,(H,31,35)/t17-,18+. The number of pyridine rings is 1. The summed E-state index contributed by atoms with van der Waals surface area (Å²) in [6, 6.07) is 6.23. The summed E-state index contributed by atoms with van der Waals surface area (Å²) in [6.07, 6.45) is 6.60. The number of anilines is 2. The summed E-state index contributed by atoms with van der Waals surface area (Å²) < 4.78 is 16.1. The second-order valence-corrected chi connectivity index (χ2v) is 9.67. The van der Waals surface area contributed by atoms with Crippen molar-refractivity contribution >= 4 is 34.0 Å². The summed E-state index contributed by atoms with van der Waals surface area (Å²) >= 11 is 0. The van der Waals surface area contributed by atoms with Gasteiger partial charge in [0.25, 0.3) is 5.91 Å². The average Bonchev–Trinajstić information content (AvgIpc) is 3.18. The number of nitrogens with one attached hydrogen (secondary N) is 1. The minimum atomic E-state index is -0.500. The number of halogens is 1. The fourth-order valence-corrected chi connectivity index (χ4v) is 5.48. The van der Waals surface area contributed by atoms with Crippen LogP contribution >= 0.6 is 0 Å². The number of rotatable bonds is 4. The molecule has 5 rings (SSSR count). The van der Waals surface area contributed by atoms with E-state index in [4.69, 9.17) is 0 Å². The number of hydrogen-bond donors (Lipinski definition) is 1. The van der Waals surface area contributed by atoms with E-state index in [1.807, 2.05) is 6.07 Å². The van der Waals surface area contributed by atoms with E-state index in [1.165, 1.54) is 6.07 Å². The summed E-state index contributed by atoms with van der Waals surface area (Å²) in [5.41, 5.74) is 3.82. The Morgan fingerprint density at radius 2 is 1.77 bits per heavy atom. The van der Waals surface area contributed by atoms with E-state index in [0.29, 0.717) is 46.1 Å². The maximum atomic E-state index is 14.5. The van der Waals surface area contributed by atoms with Crippen molar-refractivity contribution in [3.8, 4) is 0 Å². The number of aryl methyl sites for hydroxylation is 1. The first-order valence-electron chi connectivity index (χ1n) is 11.9. The molecule has 2 atom stereocenters. The number of fused-ring (bicyclic) bond motifs is 2. The van der Waals surface area contributed by atoms with Gasteiger partial charge in [-0.2, -0.15) is 0 Å². The molecule has 1 N–H and O–H groups in total. The largest absolute Gasteiger partial charge is 0.367 e. The average molecular weight is 476 g/mol. The van der Waals surface area contributed by atoms with E-state index in [2.05, 4.69) is 57.8 Å². The third kappa shape index (κ3) is 4.20. The molecule has 1 saturated heterocycles. The molecule has 0 saturated carbocycles. The molecule has 0 unspecified atom stereocenters. The van der Waals surface area contributed by atoms with Gasteiger partial charge >= 0.3 is 0 Å². The van der Waals surface area contributed by atoms with Gasteiger partial charge in [0, 0.05) is 62.1 Å². The molecule has 3 aromatic heterocycles. The number of nitrogens with zero attached hydrogens (tertiary/aromatic N) is 6. The predicted octanol–water partition coefficient (Wildman–Crippen LogP) is 4.28. The summed E-state index contributed by atoms with van der Waals surface area (Å²) in [5, 5.41) is 2.81. The maximum absolute atomic E-state index is 14.5. The van der Waals surface area contributed by atoms with Crippen LogP contribution in [0.25, 0.3) is 16.7 Å². The molecular weight excluding hydrogens is 445 g/mol. The van der Waals surface area contributed by atoms with Crippen molar-refractivity contribution in [1.29, 1.82) is 0 Å². The van der Waals surface area contributed by atoms with Crippen LogP contribution in [-0.4, -0.2) is 61.4 Å². The fourth-order valence-electron chi connectivity index (χ4n) is 5.48. The van der Waals surface area contributed by atoms with E-state index in [-0.39, 0.29) is 11.6 Å². The molecule has 182 valence electrons. The van der Waals surface area contributed by atoms with Gasteiger partial charge < -0.3 is 14.6 Å². The molecule has 0 bridgehead atoms. The number of imidazole rings is 1. The van der Waals surface area contributed by atoms with E-state index in [1.54, 1.807) is 42.2 Å². The van der Waals surface area contributed by atoms with E-state index < -0.39 is 5.82 Å². The summed E-state index contributed by atoms with van der Waals surface area (Å²) in [7, 11) is 0. The molecule has 9 heteroatoms. The van der Waals surface area contributed by atoms with Crippen LogP contribution in [0.15, 0.2) is 43.0 Å². The van der Waals surface area contributed by atoms with E-state index >= 15 is 0 Å². The molecule has 4 aromatic rings. The van der Waals surface area contributed by atoms with Crippen molar-refractivity contribution in [2.24, 2.45) is 0 Å². The molecule has 4 heterocycles. The van der Waals surface area contributed by atoms with Crippen molar-refractivity contribution in [1.82, 2.24) is 24.3 Å². The highest BCUT2D eigenvalue weighted by atomic mass is 19.1. The molecule has 1 aliphatic rings. The van der Waals surface area contributed by atoms with E-state index in [0.717, 1.165) is 18.8 Å². The lowest BCUT2D eigenvalue weighted by atomic mass is 10.0. The zero-order valence-electron chi connectivity index (χ0n) is 20.7. The van der Waals surface area contributed by atoms with Crippen molar-refractivity contribution < 1.29 is 9.18 Å². The van der Waals surface area contributed by atoms with Crippen LogP contribution in [0, 0.1) is 12.7 Å². The molecule has 1 amide bonds. The molecule has 0 spiro atoms. The number of hydrogen-bond acceptors (Lipinski definition) is 6. The quantitative estimate of drug-likeness (QED) is 0.475. The summed E-state index contributed by atoms with van der Waals surface area (Å²) in [4.78, 5) is 31.4. The van der Waals surface area contributed by atoms with Crippen LogP contribution in [-0.2, 0) is 0 Å². The smallest absolute Gasteiger partial charge is 0.257 e. The Balaban J connectivity index is 1.47. The molecule has 35 heavy (non-hydrogen) atoms. The topological polar surface area (TPSA) is 78.7 Å². The van der Waals surface area contributed by atoms with Gasteiger partial charge in [0.05, 0.1) is 22.6 Å². The zero-order valence-corrected chi connectivity index (χ0v) is 20.7. The van der Waals surface area contributed by atoms with Gasteiger partial charge in [-0.3, -0.25) is 19.7 Å². The zero-order chi connectivity index (χ0) is 24.9. The summed E-state index contributed by atoms with van der Waals surface area (Å²) in [5.74, 6) is -0.872. The first-order valence-corrected chi connectivity index (χ1v) is 11.9. The van der Waals surface area contributed by atoms with Gasteiger partial charge in [-0.15, -0.1) is 0 Å². The van der Waals surface area contributed by atoms with Crippen LogP contribution in [0.1, 0.15) is 43.7 Å². The van der Waals surface area contributed by atoms with Gasteiger partial charge in [0.15, 0.2) is 11.5 Å². The summed E-state index contributed by atoms with van der Waals surface area (Å²) in [6.45, 7) is 12.5. The SMILES string of the molecule is Cc1cn2cc(NC(=O)c3ccc(N4C[C@@H](C)N(C(C)C)[C@@H](C)C4)c4nccnc34)cc(F)c2n1. The monoisotopic (exact) mass is 475 g/mol. The Morgan fingerprint density at radius 3 is 2.46 bits per heavy atom. The lowest BCUT2D eigenvalue weighted by Crippen LogP contribution is -2.59. The van der Waals surface area contributed by atoms with Crippen molar-refractivity contribution in [3.63, 3.8) is 0 Å². The number of benzene rings is 1. The van der Waals surface area contributed by atoms with Crippen molar-refractivity contribution in [2.45, 2.75) is 52.7 Å². The molecule has 8 nitrogen and oxygen atoms in total. The molecule has 0 aliphatic carbocycles. The molecule has 1 aliphatic heterocycles. The number of carbonyl (C=O) groups is 1. The molecular formula is C26H30FN7O. The van der Waals surface area contributed by atoms with Crippen LogP contribution in [0.4, 0.5) is 15.8 Å². The Morgan fingerprint density at radius 1 is 1.09 bits per heavy atom. The highest BCUT2D eigenvalue weighted by Crippen LogP contribution is 2.31. The molecule has 1 fully saturated rings. The van der Waals surface area contributed by atoms with Gasteiger partial charge in [0.1, 0.15) is 11.0 Å². The number of carbonyl (C=O) groups excluding carboxylic acids is 1. The third-order valence-corrected chi connectivity index (χ3v) is 6.66. The minimum absolute atomic E-state index is 0.224. The highest BCUT2D eigenvalue weighted by molar-refractivity contribution is 6.13. The first kappa shape index (κ1) is 23.2. The number of aromatic nitrogens is 4. The van der Waals surface area contributed by atoms with Gasteiger partial charge in [-0.1, -0.05) is 0 Å². The normalized spacial score (nSPS) is 19.1. The minimum Gasteiger partial charge on any atom is -0.367 e. The van der Waals surface area contributed by atoms with Crippen LogP contribution < -0.4 is 10.2 Å².